The van der Waals surface area contributed by atoms with Crippen LogP contribution in [0.2, 0.25) is 0 Å². The first-order valence-electron chi connectivity index (χ1n) is 9.78. The first-order valence-corrected chi connectivity index (χ1v) is 10.6. The number of aryl methyl sites for hydroxylation is 2. The van der Waals surface area contributed by atoms with E-state index in [1.807, 2.05) is 11.8 Å². The van der Waals surface area contributed by atoms with Crippen molar-refractivity contribution in [3.8, 4) is 0 Å². The quantitative estimate of drug-likeness (QED) is 0.822. The predicted octanol–water partition coefficient (Wildman–Crippen LogP) is 3.04. The van der Waals surface area contributed by atoms with Crippen LogP contribution in [0.3, 0.4) is 0 Å². The van der Waals surface area contributed by atoms with E-state index >= 15 is 0 Å². The summed E-state index contributed by atoms with van der Waals surface area (Å²) in [7, 11) is 2.15. The molecule has 27 heavy (non-hydrogen) atoms. The second-order valence-electron chi connectivity index (χ2n) is 7.43. The lowest BCUT2D eigenvalue weighted by molar-refractivity contribution is -0.708. The summed E-state index contributed by atoms with van der Waals surface area (Å²) in [5, 5.41) is 4.71. The zero-order valence-corrected chi connectivity index (χ0v) is 17.4. The van der Waals surface area contributed by atoms with E-state index in [-0.39, 0.29) is 0 Å². The van der Waals surface area contributed by atoms with E-state index in [4.69, 9.17) is 0 Å². The van der Waals surface area contributed by atoms with Crippen molar-refractivity contribution in [1.82, 2.24) is 10.2 Å². The van der Waals surface area contributed by atoms with Crippen molar-refractivity contribution in [2.24, 2.45) is 0 Å². The Labute approximate surface area is 166 Å². The van der Waals surface area contributed by atoms with Gasteiger partial charge >= 0.3 is 0 Å². The van der Waals surface area contributed by atoms with Crippen LogP contribution in [0.5, 0.6) is 0 Å². The minimum Gasteiger partial charge on any atom is -0.338 e. The Kier molecular flexibility index (Phi) is 5.53. The highest BCUT2D eigenvalue weighted by molar-refractivity contribution is 8.03. The van der Waals surface area contributed by atoms with Crippen LogP contribution in [0, 0.1) is 13.8 Å². The van der Waals surface area contributed by atoms with Crippen molar-refractivity contribution >= 4 is 23.5 Å². The molecule has 0 unspecified atom stereocenters. The third kappa shape index (κ3) is 4.05. The summed E-state index contributed by atoms with van der Waals surface area (Å²) in [5.41, 5.74) is 5.25. The van der Waals surface area contributed by atoms with Crippen molar-refractivity contribution < 1.29 is 4.57 Å². The largest absolute Gasteiger partial charge is 0.338 e. The predicted molar refractivity (Wildman–Crippen MR) is 114 cm³/mol. The van der Waals surface area contributed by atoms with Gasteiger partial charge in [0.25, 0.3) is 0 Å². The fourth-order valence-electron chi connectivity index (χ4n) is 3.96. The van der Waals surface area contributed by atoms with E-state index in [0.29, 0.717) is 0 Å². The number of thioether (sulfide) groups is 1. The average Bonchev–Trinajstić information content (AvgIpc) is 2.98. The van der Waals surface area contributed by atoms with E-state index in [0.717, 1.165) is 39.3 Å². The van der Waals surface area contributed by atoms with Gasteiger partial charge in [-0.3, -0.25) is 4.90 Å². The number of nitrogens with one attached hydrogen (secondary N) is 1. The van der Waals surface area contributed by atoms with Crippen molar-refractivity contribution in [1.29, 1.82) is 0 Å². The van der Waals surface area contributed by atoms with Crippen LogP contribution in [-0.2, 0) is 6.54 Å². The van der Waals surface area contributed by atoms with Crippen molar-refractivity contribution in [3.63, 3.8) is 0 Å². The molecule has 0 atom stereocenters. The molecule has 1 fully saturated rings. The minimum absolute atomic E-state index is 1.06. The highest BCUT2D eigenvalue weighted by Crippen LogP contribution is 2.45. The average molecular weight is 382 g/mol. The summed E-state index contributed by atoms with van der Waals surface area (Å²) >= 11 is 1.85. The van der Waals surface area contributed by atoms with Gasteiger partial charge in [-0.05, 0) is 23.8 Å². The molecule has 1 N–H and O–H groups in total. The standard InChI is InChI=1S/C22H29N4S/c1-17-14-19(16-22-24(3)20-6-4-5-7-21(20)27-22)15-18(2)26(17)13-12-25-10-8-23-9-11-25/h4-7,14-16,23H,8-13H2,1-3H3/q+1. The molecule has 0 spiro atoms. The molecule has 0 aliphatic carbocycles. The number of nitrogens with zero attached hydrogens (tertiary/aromatic N) is 3. The number of para-hydroxylation sites is 1. The van der Waals surface area contributed by atoms with Crippen LogP contribution in [0.1, 0.15) is 17.0 Å². The van der Waals surface area contributed by atoms with Gasteiger partial charge in [-0.1, -0.05) is 23.9 Å². The highest BCUT2D eigenvalue weighted by Gasteiger charge is 2.22. The van der Waals surface area contributed by atoms with E-state index in [1.165, 1.54) is 32.6 Å². The number of fused-ring (bicyclic) bond motifs is 1. The molecule has 5 heteroatoms. The number of hydrogen-bond acceptors (Lipinski definition) is 4. The molecule has 0 amide bonds. The van der Waals surface area contributed by atoms with E-state index in [2.05, 4.69) is 83.1 Å². The lowest BCUT2D eigenvalue weighted by atomic mass is 10.1. The van der Waals surface area contributed by atoms with Crippen molar-refractivity contribution in [3.05, 3.63) is 58.4 Å². The van der Waals surface area contributed by atoms with Crippen LogP contribution in [-0.4, -0.2) is 44.7 Å². The van der Waals surface area contributed by atoms with Gasteiger partial charge in [-0.15, -0.1) is 0 Å². The second-order valence-corrected chi connectivity index (χ2v) is 8.49. The molecule has 2 aromatic rings. The van der Waals surface area contributed by atoms with E-state index in [9.17, 15) is 0 Å². The van der Waals surface area contributed by atoms with Crippen molar-refractivity contribution in [2.45, 2.75) is 25.3 Å². The first-order chi connectivity index (χ1) is 13.1. The summed E-state index contributed by atoms with van der Waals surface area (Å²) in [6.07, 6.45) is 2.31. The van der Waals surface area contributed by atoms with Crippen LogP contribution in [0.15, 0.2) is 46.3 Å². The molecule has 3 heterocycles. The summed E-state index contributed by atoms with van der Waals surface area (Å²) < 4.78 is 2.45. The Balaban J connectivity index is 1.50. The molecule has 0 bridgehead atoms. The normalized spacial score (nSPS) is 18.9. The fourth-order valence-corrected chi connectivity index (χ4v) is 5.07. The Morgan fingerprint density at radius 1 is 1.11 bits per heavy atom. The minimum atomic E-state index is 1.06. The summed E-state index contributed by atoms with van der Waals surface area (Å²) in [4.78, 5) is 6.18. The number of hydrogen-bond donors (Lipinski definition) is 1. The molecule has 0 saturated carbocycles. The smallest absolute Gasteiger partial charge is 0.179 e. The van der Waals surface area contributed by atoms with E-state index in [1.54, 1.807) is 0 Å². The monoisotopic (exact) mass is 381 g/mol. The molecule has 0 radical (unpaired) electrons. The van der Waals surface area contributed by atoms with Gasteiger partial charge in [0.2, 0.25) is 0 Å². The molecule has 1 aromatic carbocycles. The molecule has 4 nitrogen and oxygen atoms in total. The maximum Gasteiger partial charge on any atom is 0.179 e. The third-order valence-corrected chi connectivity index (χ3v) is 6.68. The Morgan fingerprint density at radius 2 is 1.81 bits per heavy atom. The van der Waals surface area contributed by atoms with Crippen LogP contribution >= 0.6 is 11.8 Å². The zero-order chi connectivity index (χ0) is 18.8. The number of rotatable bonds is 4. The number of pyridine rings is 1. The highest BCUT2D eigenvalue weighted by atomic mass is 32.2. The molecular formula is C22H29N4S+. The summed E-state index contributed by atoms with van der Waals surface area (Å²) in [6, 6.07) is 13.2. The van der Waals surface area contributed by atoms with Crippen LogP contribution in [0.25, 0.3) is 6.08 Å². The summed E-state index contributed by atoms with van der Waals surface area (Å²) in [5.74, 6) is 0. The number of piperazine rings is 1. The van der Waals surface area contributed by atoms with Gasteiger partial charge in [0.15, 0.2) is 17.9 Å². The second kappa shape index (κ2) is 8.05. The molecular weight excluding hydrogens is 352 g/mol. The summed E-state index contributed by atoms with van der Waals surface area (Å²) in [6.45, 7) is 11.2. The molecule has 2 aliphatic rings. The van der Waals surface area contributed by atoms with Gasteiger partial charge in [-0.25, -0.2) is 0 Å². The zero-order valence-electron chi connectivity index (χ0n) is 16.5. The molecule has 1 aromatic heterocycles. The van der Waals surface area contributed by atoms with Crippen molar-refractivity contribution in [2.75, 3.05) is 44.7 Å². The lowest BCUT2D eigenvalue weighted by Gasteiger charge is -2.26. The molecule has 1 saturated heterocycles. The van der Waals surface area contributed by atoms with E-state index < -0.39 is 0 Å². The SMILES string of the molecule is Cc1cc(/C=C2/Sc3ccccc3N2C)cc(C)[n+]1CCN1CCNCC1. The molecule has 4 rings (SSSR count). The van der Waals surface area contributed by atoms with Gasteiger partial charge < -0.3 is 10.2 Å². The number of aromatic nitrogens is 1. The van der Waals surface area contributed by atoms with Gasteiger partial charge in [0.05, 0.1) is 17.3 Å². The molecule has 2 aliphatic heterocycles. The number of benzene rings is 1. The Morgan fingerprint density at radius 3 is 2.52 bits per heavy atom. The first kappa shape index (κ1) is 18.5. The maximum atomic E-state index is 3.43. The Hall–Kier alpha value is -1.82. The van der Waals surface area contributed by atoms with Gasteiger partial charge in [0.1, 0.15) is 0 Å². The van der Waals surface area contributed by atoms with Crippen LogP contribution in [0.4, 0.5) is 5.69 Å². The third-order valence-electron chi connectivity index (χ3n) is 5.51. The number of anilines is 1. The Bertz CT molecular complexity index is 832. The lowest BCUT2D eigenvalue weighted by Crippen LogP contribution is -2.49. The fraction of sp³-hybridized carbons (Fsp3) is 0.409. The maximum absolute atomic E-state index is 3.43. The van der Waals surface area contributed by atoms with Gasteiger partial charge in [-0.2, -0.15) is 4.57 Å². The van der Waals surface area contributed by atoms with Crippen LogP contribution < -0.4 is 14.8 Å². The molecule has 142 valence electrons. The van der Waals surface area contributed by atoms with Gasteiger partial charge in [0, 0.05) is 64.1 Å². The topological polar surface area (TPSA) is 22.4 Å².